The van der Waals surface area contributed by atoms with Crippen LogP contribution in [0.25, 0.3) is 0 Å². The highest BCUT2D eigenvalue weighted by atomic mass is 35.5. The second-order valence-corrected chi connectivity index (χ2v) is 5.84. The van der Waals surface area contributed by atoms with Gasteiger partial charge in [0.2, 0.25) is 0 Å². The van der Waals surface area contributed by atoms with E-state index in [4.69, 9.17) is 23.2 Å². The van der Waals surface area contributed by atoms with Crippen LogP contribution in [0.15, 0.2) is 41.5 Å². The molecule has 0 saturated carbocycles. The van der Waals surface area contributed by atoms with Crippen molar-refractivity contribution in [3.8, 4) is 5.75 Å². The molecule has 0 atom stereocenters. The summed E-state index contributed by atoms with van der Waals surface area (Å²) in [4.78, 5) is 11.8. The lowest BCUT2D eigenvalue weighted by Crippen LogP contribution is -2.41. The van der Waals surface area contributed by atoms with Crippen LogP contribution in [0.4, 0.5) is 10.5 Å². The fourth-order valence-corrected chi connectivity index (χ4v) is 2.75. The first-order valence-corrected chi connectivity index (χ1v) is 7.66. The standard InChI is InChI=1S/C16H13Cl2N3O2/c17-14-8-12(21-16(23)19-5-6-20-21)3-1-10(14)7-11-2-4-13(22)9-15(11)18/h1-4,6,8-9,22H,5,7H2,(H,19,23). The van der Waals surface area contributed by atoms with Gasteiger partial charge in [-0.3, -0.25) is 0 Å². The smallest absolute Gasteiger partial charge is 0.342 e. The zero-order valence-electron chi connectivity index (χ0n) is 12.0. The van der Waals surface area contributed by atoms with E-state index in [1.165, 1.54) is 11.1 Å². The Morgan fingerprint density at radius 2 is 1.83 bits per heavy atom. The van der Waals surface area contributed by atoms with Gasteiger partial charge in [0.1, 0.15) is 5.75 Å². The van der Waals surface area contributed by atoms with Crippen LogP contribution in [0.3, 0.4) is 0 Å². The van der Waals surface area contributed by atoms with E-state index >= 15 is 0 Å². The number of carbonyl (C=O) groups excluding carboxylic acids is 1. The summed E-state index contributed by atoms with van der Waals surface area (Å²) < 4.78 is 0. The number of halogens is 2. The predicted octanol–water partition coefficient (Wildman–Crippen LogP) is 3.81. The number of nitrogens with one attached hydrogen (secondary N) is 1. The quantitative estimate of drug-likeness (QED) is 0.884. The molecule has 23 heavy (non-hydrogen) atoms. The van der Waals surface area contributed by atoms with Crippen LogP contribution in [0.2, 0.25) is 10.0 Å². The summed E-state index contributed by atoms with van der Waals surface area (Å²) in [6.07, 6.45) is 2.13. The van der Waals surface area contributed by atoms with E-state index in [-0.39, 0.29) is 11.8 Å². The molecule has 0 aromatic heterocycles. The van der Waals surface area contributed by atoms with E-state index in [1.807, 2.05) is 6.07 Å². The number of benzene rings is 2. The Labute approximate surface area is 143 Å². The molecule has 0 saturated heterocycles. The van der Waals surface area contributed by atoms with Crippen LogP contribution in [0.1, 0.15) is 11.1 Å². The molecule has 0 bridgehead atoms. The first kappa shape index (κ1) is 15.6. The molecule has 0 unspecified atom stereocenters. The minimum Gasteiger partial charge on any atom is -0.508 e. The van der Waals surface area contributed by atoms with E-state index in [9.17, 15) is 9.90 Å². The van der Waals surface area contributed by atoms with Crippen molar-refractivity contribution in [3.05, 3.63) is 57.6 Å². The number of hydrogen-bond acceptors (Lipinski definition) is 3. The molecular formula is C16H13Cl2N3O2. The number of anilines is 1. The Bertz CT molecular complexity index is 793. The highest BCUT2D eigenvalue weighted by molar-refractivity contribution is 6.32. The maximum Gasteiger partial charge on any atom is 0.342 e. The number of nitrogens with zero attached hydrogens (tertiary/aromatic N) is 2. The molecule has 2 N–H and O–H groups in total. The molecule has 1 aliphatic heterocycles. The number of phenolic OH excluding ortho intramolecular Hbond substituents is 1. The molecular weight excluding hydrogens is 337 g/mol. The third-order valence-corrected chi connectivity index (χ3v) is 4.14. The summed E-state index contributed by atoms with van der Waals surface area (Å²) in [5, 5.41) is 18.4. The maximum atomic E-state index is 11.8. The molecule has 118 valence electrons. The van der Waals surface area contributed by atoms with Gasteiger partial charge < -0.3 is 10.4 Å². The SMILES string of the molecule is O=C1NCC=NN1c1ccc(Cc2ccc(O)cc2Cl)c(Cl)c1. The molecule has 0 radical (unpaired) electrons. The normalized spacial score (nSPS) is 14.0. The Morgan fingerprint density at radius 3 is 2.48 bits per heavy atom. The average Bonchev–Trinajstić information content (AvgIpc) is 2.52. The van der Waals surface area contributed by atoms with Gasteiger partial charge in [0, 0.05) is 22.7 Å². The second kappa shape index (κ2) is 6.48. The highest BCUT2D eigenvalue weighted by Gasteiger charge is 2.18. The van der Waals surface area contributed by atoms with Gasteiger partial charge in [-0.2, -0.15) is 10.1 Å². The number of carbonyl (C=O) groups is 1. The number of amides is 2. The summed E-state index contributed by atoms with van der Waals surface area (Å²) in [6, 6.07) is 9.83. The van der Waals surface area contributed by atoms with Gasteiger partial charge in [0.05, 0.1) is 12.2 Å². The lowest BCUT2D eigenvalue weighted by Gasteiger charge is -2.21. The van der Waals surface area contributed by atoms with Crippen LogP contribution in [0.5, 0.6) is 5.75 Å². The van der Waals surface area contributed by atoms with Gasteiger partial charge in [0.25, 0.3) is 0 Å². The van der Waals surface area contributed by atoms with Gasteiger partial charge in [-0.15, -0.1) is 0 Å². The van der Waals surface area contributed by atoms with E-state index in [0.717, 1.165) is 11.1 Å². The summed E-state index contributed by atoms with van der Waals surface area (Å²) in [5.41, 5.74) is 2.31. The van der Waals surface area contributed by atoms with E-state index in [2.05, 4.69) is 10.4 Å². The van der Waals surface area contributed by atoms with Gasteiger partial charge in [0.15, 0.2) is 0 Å². The van der Waals surface area contributed by atoms with Crippen molar-refractivity contribution < 1.29 is 9.90 Å². The minimum atomic E-state index is -0.294. The zero-order valence-corrected chi connectivity index (χ0v) is 13.5. The van der Waals surface area contributed by atoms with Gasteiger partial charge in [-0.25, -0.2) is 4.79 Å². The molecule has 2 aromatic rings. The largest absolute Gasteiger partial charge is 0.508 e. The fourth-order valence-electron chi connectivity index (χ4n) is 2.26. The van der Waals surface area contributed by atoms with Gasteiger partial charge >= 0.3 is 6.03 Å². The number of rotatable bonds is 3. The lowest BCUT2D eigenvalue weighted by molar-refractivity contribution is 0.247. The molecule has 5 nitrogen and oxygen atoms in total. The molecule has 7 heteroatoms. The predicted molar refractivity (Wildman–Crippen MR) is 91.7 cm³/mol. The van der Waals surface area contributed by atoms with Crippen molar-refractivity contribution >= 4 is 41.1 Å². The Balaban J connectivity index is 1.86. The van der Waals surface area contributed by atoms with Crippen molar-refractivity contribution in [1.82, 2.24) is 5.32 Å². The Hall–Kier alpha value is -2.24. The summed E-state index contributed by atoms with van der Waals surface area (Å²) in [5.74, 6) is 0.120. The Kier molecular flexibility index (Phi) is 4.41. The summed E-state index contributed by atoms with van der Waals surface area (Å²) >= 11 is 12.4. The Morgan fingerprint density at radius 1 is 1.13 bits per heavy atom. The topological polar surface area (TPSA) is 64.9 Å². The van der Waals surface area contributed by atoms with E-state index in [1.54, 1.807) is 30.5 Å². The third kappa shape index (κ3) is 3.41. The van der Waals surface area contributed by atoms with Crippen molar-refractivity contribution in [2.45, 2.75) is 6.42 Å². The average molecular weight is 350 g/mol. The maximum absolute atomic E-state index is 11.8. The lowest BCUT2D eigenvalue weighted by atomic mass is 10.0. The molecule has 0 fully saturated rings. The van der Waals surface area contributed by atoms with Crippen LogP contribution >= 0.6 is 23.2 Å². The van der Waals surface area contributed by atoms with Gasteiger partial charge in [-0.1, -0.05) is 35.3 Å². The van der Waals surface area contributed by atoms with Crippen LogP contribution in [0, 0.1) is 0 Å². The molecule has 1 aliphatic rings. The van der Waals surface area contributed by atoms with E-state index < -0.39 is 0 Å². The second-order valence-electron chi connectivity index (χ2n) is 5.02. The first-order valence-electron chi connectivity index (χ1n) is 6.91. The minimum absolute atomic E-state index is 0.120. The summed E-state index contributed by atoms with van der Waals surface area (Å²) in [7, 11) is 0. The third-order valence-electron chi connectivity index (χ3n) is 3.43. The van der Waals surface area contributed by atoms with Crippen molar-refractivity contribution in [1.29, 1.82) is 0 Å². The van der Waals surface area contributed by atoms with Crippen LogP contribution in [-0.2, 0) is 6.42 Å². The number of phenols is 1. The molecule has 2 amide bonds. The number of hydrogen-bond donors (Lipinski definition) is 2. The first-order chi connectivity index (χ1) is 11.0. The summed E-state index contributed by atoms with van der Waals surface area (Å²) in [6.45, 7) is 0.417. The van der Waals surface area contributed by atoms with Crippen LogP contribution < -0.4 is 10.3 Å². The highest BCUT2D eigenvalue weighted by Crippen LogP contribution is 2.29. The number of aromatic hydroxyl groups is 1. The van der Waals surface area contributed by atoms with Crippen molar-refractivity contribution in [3.63, 3.8) is 0 Å². The monoisotopic (exact) mass is 349 g/mol. The van der Waals surface area contributed by atoms with Gasteiger partial charge in [-0.05, 0) is 35.4 Å². The van der Waals surface area contributed by atoms with E-state index in [0.29, 0.717) is 28.7 Å². The zero-order chi connectivity index (χ0) is 16.4. The molecule has 0 spiro atoms. The molecule has 3 rings (SSSR count). The van der Waals surface area contributed by atoms with Crippen molar-refractivity contribution in [2.24, 2.45) is 5.10 Å². The molecule has 2 aromatic carbocycles. The van der Waals surface area contributed by atoms with Crippen LogP contribution in [-0.4, -0.2) is 23.9 Å². The number of urea groups is 1. The molecule has 1 heterocycles. The van der Waals surface area contributed by atoms with Crippen molar-refractivity contribution in [2.75, 3.05) is 11.6 Å². The number of hydrazone groups is 1. The molecule has 0 aliphatic carbocycles. The fraction of sp³-hybridized carbons (Fsp3) is 0.125.